The average Bonchev–Trinajstić information content (AvgIpc) is 2.64. The SMILES string of the molecule is CCOc1cc(-c2c(C#N)c(N)nc(C)c2-c2ccccc2)ccc1O. The van der Waals surface area contributed by atoms with Crippen LogP contribution in [0.25, 0.3) is 22.3 Å². The zero-order valence-electron chi connectivity index (χ0n) is 14.7. The van der Waals surface area contributed by atoms with Crippen LogP contribution in [0.15, 0.2) is 48.5 Å². The Morgan fingerprint density at radius 3 is 2.50 bits per heavy atom. The number of aryl methyl sites for hydroxylation is 1. The smallest absolute Gasteiger partial charge is 0.161 e. The first-order chi connectivity index (χ1) is 12.6. The molecule has 0 aliphatic rings. The molecule has 0 saturated heterocycles. The van der Waals surface area contributed by atoms with Gasteiger partial charge in [-0.05, 0) is 37.1 Å². The van der Waals surface area contributed by atoms with Crippen molar-refractivity contribution in [3.8, 4) is 39.8 Å². The van der Waals surface area contributed by atoms with Crippen molar-refractivity contribution in [2.45, 2.75) is 13.8 Å². The second kappa shape index (κ2) is 7.16. The van der Waals surface area contributed by atoms with Gasteiger partial charge in [0.1, 0.15) is 17.5 Å². The highest BCUT2D eigenvalue weighted by Crippen LogP contribution is 2.41. The van der Waals surface area contributed by atoms with E-state index >= 15 is 0 Å². The first-order valence-electron chi connectivity index (χ1n) is 8.28. The Morgan fingerprint density at radius 1 is 1.12 bits per heavy atom. The fourth-order valence-electron chi connectivity index (χ4n) is 3.03. The van der Waals surface area contributed by atoms with Crippen LogP contribution in [0.3, 0.4) is 0 Å². The van der Waals surface area contributed by atoms with Crippen LogP contribution in [0, 0.1) is 18.3 Å². The summed E-state index contributed by atoms with van der Waals surface area (Å²) in [6.45, 7) is 4.13. The Labute approximate surface area is 152 Å². The first-order valence-corrected chi connectivity index (χ1v) is 8.28. The van der Waals surface area contributed by atoms with E-state index in [2.05, 4.69) is 11.1 Å². The molecule has 5 heteroatoms. The topological polar surface area (TPSA) is 92.2 Å². The summed E-state index contributed by atoms with van der Waals surface area (Å²) in [5.41, 5.74) is 10.3. The Hall–Kier alpha value is -3.52. The van der Waals surface area contributed by atoms with E-state index < -0.39 is 0 Å². The minimum absolute atomic E-state index is 0.0501. The molecule has 1 heterocycles. The molecule has 0 saturated carbocycles. The second-order valence-corrected chi connectivity index (χ2v) is 5.80. The van der Waals surface area contributed by atoms with Crippen molar-refractivity contribution in [2.75, 3.05) is 12.3 Å². The number of hydrogen-bond acceptors (Lipinski definition) is 5. The lowest BCUT2D eigenvalue weighted by Crippen LogP contribution is -2.03. The van der Waals surface area contributed by atoms with Crippen molar-refractivity contribution < 1.29 is 9.84 Å². The summed E-state index contributed by atoms with van der Waals surface area (Å²) in [6, 6.07) is 16.9. The number of anilines is 1. The molecule has 2 aromatic carbocycles. The molecule has 0 amide bonds. The number of rotatable bonds is 4. The van der Waals surface area contributed by atoms with Crippen molar-refractivity contribution in [3.63, 3.8) is 0 Å². The van der Waals surface area contributed by atoms with Crippen LogP contribution in [0.5, 0.6) is 11.5 Å². The molecule has 26 heavy (non-hydrogen) atoms. The van der Waals surface area contributed by atoms with Crippen LogP contribution in [0.4, 0.5) is 5.82 Å². The maximum Gasteiger partial charge on any atom is 0.161 e. The molecule has 3 N–H and O–H groups in total. The van der Waals surface area contributed by atoms with Crippen LogP contribution < -0.4 is 10.5 Å². The summed E-state index contributed by atoms with van der Waals surface area (Å²) in [7, 11) is 0. The Morgan fingerprint density at radius 2 is 1.85 bits per heavy atom. The Balaban J connectivity index is 2.36. The molecule has 3 rings (SSSR count). The number of aromatic nitrogens is 1. The molecule has 0 aliphatic heterocycles. The standard InChI is InChI=1S/C21H19N3O2/c1-3-26-18-11-15(9-10-17(18)25)20-16(12-22)21(23)24-13(2)19(20)14-7-5-4-6-8-14/h4-11,25H,3H2,1-2H3,(H2,23,24). The van der Waals surface area contributed by atoms with Gasteiger partial charge in [0.15, 0.2) is 11.5 Å². The van der Waals surface area contributed by atoms with Crippen molar-refractivity contribution in [1.82, 2.24) is 4.98 Å². The number of pyridine rings is 1. The third-order valence-corrected chi connectivity index (χ3v) is 4.13. The zero-order chi connectivity index (χ0) is 18.7. The van der Waals surface area contributed by atoms with Crippen molar-refractivity contribution in [2.24, 2.45) is 0 Å². The number of hydrogen-bond donors (Lipinski definition) is 2. The van der Waals surface area contributed by atoms with Gasteiger partial charge >= 0.3 is 0 Å². The highest BCUT2D eigenvalue weighted by Gasteiger charge is 2.20. The molecule has 0 radical (unpaired) electrons. The van der Waals surface area contributed by atoms with Crippen LogP contribution in [-0.2, 0) is 0 Å². The van der Waals surface area contributed by atoms with E-state index in [4.69, 9.17) is 10.5 Å². The lowest BCUT2D eigenvalue weighted by molar-refractivity contribution is 0.318. The van der Waals surface area contributed by atoms with Crippen LogP contribution in [0.2, 0.25) is 0 Å². The summed E-state index contributed by atoms with van der Waals surface area (Å²) in [6.07, 6.45) is 0. The minimum atomic E-state index is 0.0501. The second-order valence-electron chi connectivity index (χ2n) is 5.80. The van der Waals surface area contributed by atoms with E-state index in [1.807, 2.05) is 44.2 Å². The van der Waals surface area contributed by atoms with E-state index in [1.54, 1.807) is 18.2 Å². The van der Waals surface area contributed by atoms with Crippen LogP contribution in [-0.4, -0.2) is 16.7 Å². The molecule has 0 atom stereocenters. The van der Waals surface area contributed by atoms with Gasteiger partial charge in [-0.2, -0.15) is 5.26 Å². The van der Waals surface area contributed by atoms with Gasteiger partial charge in [0.05, 0.1) is 6.61 Å². The van der Waals surface area contributed by atoms with Gasteiger partial charge in [-0.1, -0.05) is 36.4 Å². The molecular weight excluding hydrogens is 326 g/mol. The Bertz CT molecular complexity index is 992. The van der Waals surface area contributed by atoms with Gasteiger partial charge in [0, 0.05) is 16.8 Å². The fourth-order valence-corrected chi connectivity index (χ4v) is 3.03. The number of benzene rings is 2. The number of nitrogen functional groups attached to an aromatic ring is 1. The number of aromatic hydroxyl groups is 1. The van der Waals surface area contributed by atoms with Gasteiger partial charge in [-0.15, -0.1) is 0 Å². The monoisotopic (exact) mass is 345 g/mol. The quantitative estimate of drug-likeness (QED) is 0.736. The molecule has 0 unspecified atom stereocenters. The minimum Gasteiger partial charge on any atom is -0.504 e. The summed E-state index contributed by atoms with van der Waals surface area (Å²) in [5, 5.41) is 19.7. The van der Waals surface area contributed by atoms with Gasteiger partial charge in [0.25, 0.3) is 0 Å². The average molecular weight is 345 g/mol. The Kier molecular flexibility index (Phi) is 4.76. The zero-order valence-corrected chi connectivity index (χ0v) is 14.7. The third kappa shape index (κ3) is 3.05. The third-order valence-electron chi connectivity index (χ3n) is 4.13. The summed E-state index contributed by atoms with van der Waals surface area (Å²) in [5.74, 6) is 0.598. The molecule has 3 aromatic rings. The predicted octanol–water partition coefficient (Wildman–Crippen LogP) is 4.28. The first kappa shape index (κ1) is 17.3. The van der Waals surface area contributed by atoms with E-state index in [1.165, 1.54) is 0 Å². The predicted molar refractivity (Wildman–Crippen MR) is 102 cm³/mol. The van der Waals surface area contributed by atoms with E-state index in [0.29, 0.717) is 23.5 Å². The van der Waals surface area contributed by atoms with Crippen molar-refractivity contribution >= 4 is 5.82 Å². The van der Waals surface area contributed by atoms with Crippen LogP contribution >= 0.6 is 0 Å². The highest BCUT2D eigenvalue weighted by molar-refractivity contribution is 5.91. The molecule has 5 nitrogen and oxygen atoms in total. The number of ether oxygens (including phenoxy) is 1. The fraction of sp³-hybridized carbons (Fsp3) is 0.143. The molecule has 1 aromatic heterocycles. The molecule has 130 valence electrons. The number of nitrogens with zero attached hydrogens (tertiary/aromatic N) is 2. The van der Waals surface area contributed by atoms with E-state index in [-0.39, 0.29) is 11.6 Å². The summed E-state index contributed by atoms with van der Waals surface area (Å²) < 4.78 is 5.50. The molecule has 0 spiro atoms. The normalized spacial score (nSPS) is 10.3. The van der Waals surface area contributed by atoms with Gasteiger partial charge in [0.2, 0.25) is 0 Å². The lowest BCUT2D eigenvalue weighted by Gasteiger charge is -2.17. The van der Waals surface area contributed by atoms with Crippen molar-refractivity contribution in [3.05, 3.63) is 59.8 Å². The molecule has 0 fully saturated rings. The van der Waals surface area contributed by atoms with Crippen molar-refractivity contribution in [1.29, 1.82) is 5.26 Å². The number of nitriles is 1. The maximum absolute atomic E-state index is 10.0. The largest absolute Gasteiger partial charge is 0.504 e. The summed E-state index contributed by atoms with van der Waals surface area (Å²) >= 11 is 0. The highest BCUT2D eigenvalue weighted by atomic mass is 16.5. The molecule has 0 bridgehead atoms. The van der Waals surface area contributed by atoms with E-state index in [0.717, 1.165) is 22.4 Å². The van der Waals surface area contributed by atoms with Gasteiger partial charge in [-0.3, -0.25) is 0 Å². The lowest BCUT2D eigenvalue weighted by atomic mass is 9.90. The number of nitrogens with two attached hydrogens (primary N) is 1. The van der Waals surface area contributed by atoms with Gasteiger partial charge in [-0.25, -0.2) is 4.98 Å². The van der Waals surface area contributed by atoms with E-state index in [9.17, 15) is 10.4 Å². The van der Waals surface area contributed by atoms with Crippen LogP contribution in [0.1, 0.15) is 18.2 Å². The number of phenols is 1. The molecule has 0 aliphatic carbocycles. The maximum atomic E-state index is 10.0. The molecular formula is C21H19N3O2. The summed E-state index contributed by atoms with van der Waals surface area (Å²) in [4.78, 5) is 4.36. The van der Waals surface area contributed by atoms with Gasteiger partial charge < -0.3 is 15.6 Å². The number of phenolic OH excluding ortho intramolecular Hbond substituents is 1.